The molecule has 0 aliphatic carbocycles. The van der Waals surface area contributed by atoms with Crippen molar-refractivity contribution in [2.45, 2.75) is 19.8 Å². The van der Waals surface area contributed by atoms with Crippen molar-refractivity contribution in [1.29, 1.82) is 0 Å². The molecular weight excluding hydrogens is 148 g/mol. The Labute approximate surface area is 73.2 Å². The fraction of sp³-hybridized carbons (Fsp3) is 0.500. The molecule has 1 aromatic heterocycles. The summed E-state index contributed by atoms with van der Waals surface area (Å²) in [6.07, 6.45) is 4.23. The van der Waals surface area contributed by atoms with Crippen molar-refractivity contribution < 1.29 is 0 Å². The van der Waals surface area contributed by atoms with E-state index in [0.29, 0.717) is 0 Å². The molecule has 2 heteroatoms. The average Bonchev–Trinajstić information content (AvgIpc) is 2.47. The fourth-order valence-corrected chi connectivity index (χ4v) is 1.67. The summed E-state index contributed by atoms with van der Waals surface area (Å²) in [4.78, 5) is 6.65. The Bertz CT molecular complexity index is 294. The predicted molar refractivity (Wildman–Crippen MR) is 50.6 cm³/mol. The molecule has 0 N–H and O–H groups in total. The lowest BCUT2D eigenvalue weighted by atomic mass is 10.1. The average molecular weight is 162 g/mol. The van der Waals surface area contributed by atoms with Crippen LogP contribution in [0, 0.1) is 0 Å². The highest BCUT2D eigenvalue weighted by Gasteiger charge is 2.16. The summed E-state index contributed by atoms with van der Waals surface area (Å²) in [5.74, 6) is 1.17. The number of likely N-dealkylation sites (N-methyl/N-ethyl adjacent to an activating group) is 1. The third-order valence-electron chi connectivity index (χ3n) is 2.49. The molecule has 0 unspecified atom stereocenters. The standard InChI is InChI=1S/C10H14N2/c1-3-8-6-9-4-5-12(2)10(9)11-7-8/h6-7H,3-5H2,1-2H3. The quantitative estimate of drug-likeness (QED) is 0.624. The first-order chi connectivity index (χ1) is 5.81. The largest absolute Gasteiger partial charge is 0.359 e. The first-order valence-electron chi connectivity index (χ1n) is 4.50. The normalized spacial score (nSPS) is 15.0. The van der Waals surface area contributed by atoms with Gasteiger partial charge in [-0.2, -0.15) is 0 Å². The zero-order valence-electron chi connectivity index (χ0n) is 7.67. The zero-order valence-corrected chi connectivity index (χ0v) is 7.67. The van der Waals surface area contributed by atoms with Crippen LogP contribution in [-0.2, 0) is 12.8 Å². The van der Waals surface area contributed by atoms with Crippen molar-refractivity contribution in [3.05, 3.63) is 23.4 Å². The Hall–Kier alpha value is -1.05. The molecule has 0 amide bonds. The SMILES string of the molecule is CCc1cnc2c(c1)CCN2C. The van der Waals surface area contributed by atoms with Gasteiger partial charge in [0.25, 0.3) is 0 Å². The van der Waals surface area contributed by atoms with Crippen LogP contribution in [0.15, 0.2) is 12.3 Å². The van der Waals surface area contributed by atoms with Crippen molar-refractivity contribution >= 4 is 5.82 Å². The monoisotopic (exact) mass is 162 g/mol. The third kappa shape index (κ3) is 1.07. The second-order valence-corrected chi connectivity index (χ2v) is 3.35. The Kier molecular flexibility index (Phi) is 1.75. The lowest BCUT2D eigenvalue weighted by Crippen LogP contribution is -2.13. The Morgan fingerprint density at radius 2 is 2.42 bits per heavy atom. The summed E-state index contributed by atoms with van der Waals surface area (Å²) in [6, 6.07) is 2.28. The molecule has 12 heavy (non-hydrogen) atoms. The van der Waals surface area contributed by atoms with Crippen LogP contribution in [0.1, 0.15) is 18.1 Å². The van der Waals surface area contributed by atoms with Gasteiger partial charge in [0.15, 0.2) is 0 Å². The molecule has 1 aliphatic rings. The molecule has 0 radical (unpaired) electrons. The summed E-state index contributed by atoms with van der Waals surface area (Å²) in [7, 11) is 2.10. The van der Waals surface area contributed by atoms with Gasteiger partial charge < -0.3 is 4.90 Å². The highest BCUT2D eigenvalue weighted by molar-refractivity contribution is 5.51. The molecule has 0 atom stereocenters. The van der Waals surface area contributed by atoms with Crippen LogP contribution in [0.2, 0.25) is 0 Å². The van der Waals surface area contributed by atoms with Gasteiger partial charge in [-0.25, -0.2) is 4.98 Å². The summed E-state index contributed by atoms with van der Waals surface area (Å²) in [5, 5.41) is 0. The Morgan fingerprint density at radius 1 is 1.58 bits per heavy atom. The van der Waals surface area contributed by atoms with E-state index < -0.39 is 0 Å². The van der Waals surface area contributed by atoms with E-state index in [-0.39, 0.29) is 0 Å². The minimum atomic E-state index is 1.09. The van der Waals surface area contributed by atoms with Crippen LogP contribution in [0.4, 0.5) is 5.82 Å². The van der Waals surface area contributed by atoms with Gasteiger partial charge in [0.2, 0.25) is 0 Å². The van der Waals surface area contributed by atoms with Crippen LogP contribution in [0.25, 0.3) is 0 Å². The number of rotatable bonds is 1. The predicted octanol–water partition coefficient (Wildman–Crippen LogP) is 1.64. The molecule has 0 aromatic carbocycles. The lowest BCUT2D eigenvalue weighted by Gasteiger charge is -2.10. The number of pyridine rings is 1. The molecule has 0 bridgehead atoms. The Balaban J connectivity index is 2.41. The van der Waals surface area contributed by atoms with E-state index in [0.717, 1.165) is 19.4 Å². The first kappa shape index (κ1) is 7.59. The van der Waals surface area contributed by atoms with E-state index in [2.05, 4.69) is 29.9 Å². The first-order valence-corrected chi connectivity index (χ1v) is 4.50. The number of aryl methyl sites for hydroxylation is 1. The van der Waals surface area contributed by atoms with Crippen LogP contribution in [0.5, 0.6) is 0 Å². The van der Waals surface area contributed by atoms with E-state index >= 15 is 0 Å². The highest BCUT2D eigenvalue weighted by atomic mass is 15.2. The van der Waals surface area contributed by atoms with Gasteiger partial charge in [0.05, 0.1) is 0 Å². The lowest BCUT2D eigenvalue weighted by molar-refractivity contribution is 0.945. The van der Waals surface area contributed by atoms with Gasteiger partial charge in [0, 0.05) is 19.8 Å². The number of aromatic nitrogens is 1. The van der Waals surface area contributed by atoms with Gasteiger partial charge in [-0.3, -0.25) is 0 Å². The van der Waals surface area contributed by atoms with Crippen LogP contribution < -0.4 is 4.90 Å². The van der Waals surface area contributed by atoms with E-state index in [4.69, 9.17) is 0 Å². The molecule has 0 spiro atoms. The van der Waals surface area contributed by atoms with E-state index in [9.17, 15) is 0 Å². The minimum absolute atomic E-state index is 1.09. The topological polar surface area (TPSA) is 16.1 Å². The van der Waals surface area contributed by atoms with E-state index in [1.54, 1.807) is 0 Å². The number of hydrogen-bond donors (Lipinski definition) is 0. The molecule has 0 fully saturated rings. The van der Waals surface area contributed by atoms with Gasteiger partial charge in [-0.1, -0.05) is 13.0 Å². The molecule has 1 aliphatic heterocycles. The number of nitrogens with zero attached hydrogens (tertiary/aromatic N) is 2. The molecule has 64 valence electrons. The van der Waals surface area contributed by atoms with Gasteiger partial charge >= 0.3 is 0 Å². The number of anilines is 1. The maximum Gasteiger partial charge on any atom is 0.131 e. The second kappa shape index (κ2) is 2.77. The summed E-state index contributed by atoms with van der Waals surface area (Å²) >= 11 is 0. The van der Waals surface area contributed by atoms with E-state index in [1.807, 2.05) is 6.20 Å². The summed E-state index contributed by atoms with van der Waals surface area (Å²) < 4.78 is 0. The summed E-state index contributed by atoms with van der Waals surface area (Å²) in [5.41, 5.74) is 2.76. The van der Waals surface area contributed by atoms with Crippen LogP contribution >= 0.6 is 0 Å². The Morgan fingerprint density at radius 3 is 3.17 bits per heavy atom. The van der Waals surface area contributed by atoms with Crippen molar-refractivity contribution in [3.8, 4) is 0 Å². The highest BCUT2D eigenvalue weighted by Crippen LogP contribution is 2.24. The van der Waals surface area contributed by atoms with Crippen LogP contribution in [0.3, 0.4) is 0 Å². The molecular formula is C10H14N2. The van der Waals surface area contributed by atoms with E-state index in [1.165, 1.54) is 16.9 Å². The summed E-state index contributed by atoms with van der Waals surface area (Å²) in [6.45, 7) is 3.29. The minimum Gasteiger partial charge on any atom is -0.359 e. The van der Waals surface area contributed by atoms with Gasteiger partial charge in [0.1, 0.15) is 5.82 Å². The second-order valence-electron chi connectivity index (χ2n) is 3.35. The van der Waals surface area contributed by atoms with Crippen molar-refractivity contribution in [2.75, 3.05) is 18.5 Å². The molecule has 2 nitrogen and oxygen atoms in total. The molecule has 1 aromatic rings. The molecule has 2 heterocycles. The maximum atomic E-state index is 4.44. The molecule has 0 saturated carbocycles. The molecule has 0 saturated heterocycles. The smallest absolute Gasteiger partial charge is 0.131 e. The van der Waals surface area contributed by atoms with Crippen LogP contribution in [-0.4, -0.2) is 18.6 Å². The number of hydrogen-bond acceptors (Lipinski definition) is 2. The molecule has 2 rings (SSSR count). The van der Waals surface area contributed by atoms with Crippen molar-refractivity contribution in [1.82, 2.24) is 4.98 Å². The van der Waals surface area contributed by atoms with Gasteiger partial charge in [-0.05, 0) is 24.0 Å². The number of fused-ring (bicyclic) bond motifs is 1. The van der Waals surface area contributed by atoms with Gasteiger partial charge in [-0.15, -0.1) is 0 Å². The van der Waals surface area contributed by atoms with Crippen molar-refractivity contribution in [2.24, 2.45) is 0 Å². The van der Waals surface area contributed by atoms with Crippen molar-refractivity contribution in [3.63, 3.8) is 0 Å². The fourth-order valence-electron chi connectivity index (χ4n) is 1.67. The zero-order chi connectivity index (χ0) is 8.55. The third-order valence-corrected chi connectivity index (χ3v) is 2.49. The maximum absolute atomic E-state index is 4.44.